The zero-order valence-corrected chi connectivity index (χ0v) is 11.3. The average Bonchev–Trinajstić information content (AvgIpc) is 2.74. The lowest BCUT2D eigenvalue weighted by Gasteiger charge is -2.11. The van der Waals surface area contributed by atoms with Crippen LogP contribution in [0.25, 0.3) is 5.65 Å². The maximum Gasteiger partial charge on any atom is 0.309 e. The number of aliphatic carboxylic acids is 1. The van der Waals surface area contributed by atoms with Gasteiger partial charge in [0.25, 0.3) is 5.56 Å². The lowest BCUT2D eigenvalue weighted by molar-refractivity contribution is -0.136. The summed E-state index contributed by atoms with van der Waals surface area (Å²) in [6, 6.07) is 3.20. The molecule has 0 amide bonds. The normalized spacial score (nSPS) is 11.4. The smallest absolute Gasteiger partial charge is 0.309 e. The van der Waals surface area contributed by atoms with Crippen molar-refractivity contribution in [3.63, 3.8) is 0 Å². The second-order valence-electron chi connectivity index (χ2n) is 4.78. The van der Waals surface area contributed by atoms with Gasteiger partial charge in [-0.15, -0.1) is 0 Å². The summed E-state index contributed by atoms with van der Waals surface area (Å²) in [6.45, 7) is 6.51. The van der Waals surface area contributed by atoms with Crippen molar-refractivity contribution >= 4 is 11.6 Å². The molecule has 0 aliphatic carbocycles. The van der Waals surface area contributed by atoms with Crippen molar-refractivity contribution in [2.45, 2.75) is 39.7 Å². The highest BCUT2D eigenvalue weighted by atomic mass is 16.4. The lowest BCUT2D eigenvalue weighted by atomic mass is 10.1. The molecule has 0 saturated carbocycles. The van der Waals surface area contributed by atoms with Gasteiger partial charge in [0.1, 0.15) is 5.65 Å². The van der Waals surface area contributed by atoms with Crippen LogP contribution in [-0.2, 0) is 17.8 Å². The molecule has 0 saturated heterocycles. The predicted octanol–water partition coefficient (Wildman–Crippen LogP) is 1.27. The zero-order chi connectivity index (χ0) is 14.2. The molecular weight excluding hydrogens is 246 g/mol. The molecule has 2 aromatic rings. The topological polar surface area (TPSA) is 76.6 Å². The number of hydrogen-bond donors (Lipinski definition) is 1. The van der Waals surface area contributed by atoms with Gasteiger partial charge in [-0.1, -0.05) is 13.8 Å². The molecule has 0 spiro atoms. The van der Waals surface area contributed by atoms with Crippen LogP contribution >= 0.6 is 0 Å². The maximum atomic E-state index is 12.0. The van der Waals surface area contributed by atoms with Crippen molar-refractivity contribution < 1.29 is 9.90 Å². The highest BCUT2D eigenvalue weighted by Crippen LogP contribution is 2.15. The fraction of sp³-hybridized carbons (Fsp3) is 0.462. The summed E-state index contributed by atoms with van der Waals surface area (Å²) in [5.74, 6) is -0.734. The molecule has 0 unspecified atom stereocenters. The number of carboxylic acids is 1. The van der Waals surface area contributed by atoms with Crippen LogP contribution in [-0.4, -0.2) is 25.3 Å². The highest BCUT2D eigenvalue weighted by molar-refractivity contribution is 5.69. The Morgan fingerprint density at radius 3 is 2.63 bits per heavy atom. The van der Waals surface area contributed by atoms with E-state index in [9.17, 15) is 9.59 Å². The first-order chi connectivity index (χ1) is 8.93. The predicted molar refractivity (Wildman–Crippen MR) is 70.6 cm³/mol. The van der Waals surface area contributed by atoms with Gasteiger partial charge in [0, 0.05) is 24.4 Å². The van der Waals surface area contributed by atoms with Crippen LogP contribution in [0.15, 0.2) is 16.9 Å². The molecule has 0 aliphatic rings. The highest BCUT2D eigenvalue weighted by Gasteiger charge is 2.14. The van der Waals surface area contributed by atoms with Gasteiger partial charge in [-0.05, 0) is 12.8 Å². The van der Waals surface area contributed by atoms with E-state index in [0.717, 1.165) is 5.69 Å². The van der Waals surface area contributed by atoms with E-state index in [-0.39, 0.29) is 17.9 Å². The Bertz CT molecular complexity index is 682. The molecule has 2 heterocycles. The summed E-state index contributed by atoms with van der Waals surface area (Å²) in [5, 5.41) is 13.2. The van der Waals surface area contributed by atoms with E-state index in [1.165, 1.54) is 10.6 Å². The van der Waals surface area contributed by atoms with Crippen molar-refractivity contribution in [2.75, 3.05) is 0 Å². The van der Waals surface area contributed by atoms with E-state index in [1.54, 1.807) is 0 Å². The fourth-order valence-corrected chi connectivity index (χ4v) is 2.12. The Morgan fingerprint density at radius 1 is 1.42 bits per heavy atom. The third kappa shape index (κ3) is 2.38. The first kappa shape index (κ1) is 13.3. The van der Waals surface area contributed by atoms with Crippen LogP contribution in [0.2, 0.25) is 0 Å². The summed E-state index contributed by atoms with van der Waals surface area (Å²) in [7, 11) is 0. The van der Waals surface area contributed by atoms with Gasteiger partial charge in [0.15, 0.2) is 0 Å². The van der Waals surface area contributed by atoms with Gasteiger partial charge < -0.3 is 9.67 Å². The number of carbonyl (C=O) groups is 1. The molecule has 2 rings (SSSR count). The van der Waals surface area contributed by atoms with E-state index < -0.39 is 5.97 Å². The lowest BCUT2D eigenvalue weighted by Crippen LogP contribution is -2.22. The fourth-order valence-electron chi connectivity index (χ4n) is 2.12. The van der Waals surface area contributed by atoms with Crippen LogP contribution in [0.4, 0.5) is 0 Å². The van der Waals surface area contributed by atoms with Gasteiger partial charge in [0.2, 0.25) is 0 Å². The summed E-state index contributed by atoms with van der Waals surface area (Å²) in [6.07, 6.45) is -0.165. The third-order valence-corrected chi connectivity index (χ3v) is 3.07. The zero-order valence-electron chi connectivity index (χ0n) is 11.3. The standard InChI is InChI=1S/C13H17N3O3/c1-4-15-9(6-13(18)19)5-12(17)16-11(15)7-10(14-16)8(2)3/h5,7-8H,4,6H2,1-3H3,(H,18,19). The quantitative estimate of drug-likeness (QED) is 0.901. The van der Waals surface area contributed by atoms with Gasteiger partial charge in [-0.3, -0.25) is 9.59 Å². The molecule has 0 atom stereocenters. The molecular formula is C13H17N3O3. The van der Waals surface area contributed by atoms with Gasteiger partial charge >= 0.3 is 5.97 Å². The number of aryl methyl sites for hydroxylation is 1. The van der Waals surface area contributed by atoms with E-state index in [4.69, 9.17) is 5.11 Å². The van der Waals surface area contributed by atoms with E-state index >= 15 is 0 Å². The monoisotopic (exact) mass is 263 g/mol. The van der Waals surface area contributed by atoms with Crippen molar-refractivity contribution in [2.24, 2.45) is 0 Å². The Hall–Kier alpha value is -2.11. The van der Waals surface area contributed by atoms with Crippen molar-refractivity contribution in [1.82, 2.24) is 14.2 Å². The Kier molecular flexibility index (Phi) is 3.42. The maximum absolute atomic E-state index is 12.0. The minimum Gasteiger partial charge on any atom is -0.481 e. The van der Waals surface area contributed by atoms with Crippen LogP contribution in [0.1, 0.15) is 38.1 Å². The second-order valence-corrected chi connectivity index (χ2v) is 4.78. The van der Waals surface area contributed by atoms with Crippen LogP contribution in [0.5, 0.6) is 0 Å². The largest absolute Gasteiger partial charge is 0.481 e. The number of rotatable bonds is 4. The minimum absolute atomic E-state index is 0.165. The number of aromatic nitrogens is 3. The molecule has 0 radical (unpaired) electrons. The van der Waals surface area contributed by atoms with Crippen LogP contribution in [0.3, 0.4) is 0 Å². The van der Waals surface area contributed by atoms with E-state index in [0.29, 0.717) is 17.9 Å². The molecule has 0 bridgehead atoms. The van der Waals surface area contributed by atoms with Crippen LogP contribution < -0.4 is 5.56 Å². The van der Waals surface area contributed by atoms with E-state index in [2.05, 4.69) is 5.10 Å². The number of nitrogens with zero attached hydrogens (tertiary/aromatic N) is 3. The third-order valence-electron chi connectivity index (χ3n) is 3.07. The summed E-state index contributed by atoms with van der Waals surface area (Å²) in [5.41, 5.74) is 1.69. The Balaban J connectivity index is 2.73. The molecule has 0 fully saturated rings. The first-order valence-electron chi connectivity index (χ1n) is 6.28. The molecule has 19 heavy (non-hydrogen) atoms. The molecule has 6 nitrogen and oxygen atoms in total. The average molecular weight is 263 g/mol. The summed E-state index contributed by atoms with van der Waals surface area (Å²) in [4.78, 5) is 22.8. The molecule has 2 aromatic heterocycles. The van der Waals surface area contributed by atoms with Gasteiger partial charge in [-0.25, -0.2) is 0 Å². The van der Waals surface area contributed by atoms with Crippen molar-refractivity contribution in [1.29, 1.82) is 0 Å². The molecule has 0 aliphatic heterocycles. The van der Waals surface area contributed by atoms with Gasteiger partial charge in [0.05, 0.1) is 12.1 Å². The molecule has 6 heteroatoms. The SMILES string of the molecule is CCn1c(CC(=O)O)cc(=O)n2nc(C(C)C)cc12. The number of hydrogen-bond acceptors (Lipinski definition) is 3. The molecule has 102 valence electrons. The summed E-state index contributed by atoms with van der Waals surface area (Å²) < 4.78 is 3.15. The minimum atomic E-state index is -0.949. The second kappa shape index (κ2) is 4.87. The van der Waals surface area contributed by atoms with Crippen molar-refractivity contribution in [3.05, 3.63) is 33.9 Å². The molecule has 1 N–H and O–H groups in total. The van der Waals surface area contributed by atoms with Crippen molar-refractivity contribution in [3.8, 4) is 0 Å². The first-order valence-corrected chi connectivity index (χ1v) is 6.28. The van der Waals surface area contributed by atoms with E-state index in [1.807, 2.05) is 31.4 Å². The summed E-state index contributed by atoms with van der Waals surface area (Å²) >= 11 is 0. The van der Waals surface area contributed by atoms with Crippen LogP contribution in [0, 0.1) is 0 Å². The number of fused-ring (bicyclic) bond motifs is 1. The Morgan fingerprint density at radius 2 is 2.11 bits per heavy atom. The van der Waals surface area contributed by atoms with Gasteiger partial charge in [-0.2, -0.15) is 9.61 Å². The molecule has 0 aromatic carbocycles. The number of carboxylic acid groups (broad SMARTS) is 1. The Labute approximate surface area is 110 Å².